The van der Waals surface area contributed by atoms with E-state index >= 15 is 0 Å². The zero-order valence-electron chi connectivity index (χ0n) is 20.9. The van der Waals surface area contributed by atoms with Crippen LogP contribution in [0.25, 0.3) is 0 Å². The fourth-order valence-corrected chi connectivity index (χ4v) is 5.62. The van der Waals surface area contributed by atoms with Gasteiger partial charge in [-0.05, 0) is 56.0 Å². The van der Waals surface area contributed by atoms with Crippen LogP contribution in [0, 0.1) is 11.6 Å². The summed E-state index contributed by atoms with van der Waals surface area (Å²) in [4.78, 5) is 27.7. The summed E-state index contributed by atoms with van der Waals surface area (Å²) in [5.74, 6) is -2.85. The minimum Gasteiger partial charge on any atom is -0.352 e. The summed E-state index contributed by atoms with van der Waals surface area (Å²) in [7, 11) is -3.82. The first-order chi connectivity index (χ1) is 17.5. The van der Waals surface area contributed by atoms with Gasteiger partial charge < -0.3 is 10.2 Å². The zero-order valence-corrected chi connectivity index (χ0v) is 22.5. The minimum absolute atomic E-state index is 0.0334. The predicted octanol–water partition coefficient (Wildman–Crippen LogP) is 4.64. The fourth-order valence-electron chi connectivity index (χ4n) is 4.45. The van der Waals surface area contributed by atoms with Gasteiger partial charge in [0, 0.05) is 36.6 Å². The Morgan fingerprint density at radius 1 is 1.11 bits per heavy atom. The van der Waals surface area contributed by atoms with Gasteiger partial charge in [-0.2, -0.15) is 0 Å². The third-order valence-corrected chi connectivity index (χ3v) is 7.88. The Balaban J connectivity index is 1.73. The summed E-state index contributed by atoms with van der Waals surface area (Å²) >= 11 is 6.11. The summed E-state index contributed by atoms with van der Waals surface area (Å²) < 4.78 is 52.6. The largest absolute Gasteiger partial charge is 0.352 e. The third-order valence-electron chi connectivity index (χ3n) is 6.45. The van der Waals surface area contributed by atoms with Crippen LogP contribution in [0.15, 0.2) is 42.5 Å². The second-order valence-electron chi connectivity index (χ2n) is 9.35. The molecule has 37 heavy (non-hydrogen) atoms. The van der Waals surface area contributed by atoms with E-state index in [1.807, 2.05) is 6.07 Å². The number of hydrogen-bond donors (Lipinski definition) is 1. The zero-order chi connectivity index (χ0) is 27.2. The molecule has 0 spiro atoms. The number of carbonyl (C=O) groups is 2. The first-order valence-corrected chi connectivity index (χ1v) is 14.5. The van der Waals surface area contributed by atoms with Crippen molar-refractivity contribution in [2.75, 3.05) is 17.1 Å². The molecule has 0 heterocycles. The Bertz CT molecular complexity index is 1220. The lowest BCUT2D eigenvalue weighted by Gasteiger charge is -2.30. The van der Waals surface area contributed by atoms with Crippen molar-refractivity contribution in [1.29, 1.82) is 0 Å². The molecule has 0 saturated heterocycles. The molecule has 0 aromatic heterocycles. The van der Waals surface area contributed by atoms with Crippen LogP contribution in [0.3, 0.4) is 0 Å². The number of nitrogens with one attached hydrogen (secondary N) is 1. The summed E-state index contributed by atoms with van der Waals surface area (Å²) in [5.41, 5.74) is 0.717. The molecule has 1 aliphatic carbocycles. The first kappa shape index (κ1) is 28.8. The smallest absolute Gasteiger partial charge is 0.242 e. The van der Waals surface area contributed by atoms with Crippen LogP contribution in [0.5, 0.6) is 0 Å². The number of amides is 2. The average Bonchev–Trinajstić information content (AvgIpc) is 3.34. The van der Waals surface area contributed by atoms with Gasteiger partial charge in [-0.3, -0.25) is 13.9 Å². The number of benzene rings is 2. The molecule has 0 bridgehead atoms. The van der Waals surface area contributed by atoms with E-state index < -0.39 is 27.7 Å². The van der Waals surface area contributed by atoms with Crippen LogP contribution in [0.1, 0.15) is 51.0 Å². The predicted molar refractivity (Wildman–Crippen MR) is 140 cm³/mol. The van der Waals surface area contributed by atoms with E-state index in [-0.39, 0.29) is 49.5 Å². The van der Waals surface area contributed by atoms with Crippen LogP contribution in [-0.2, 0) is 26.2 Å². The second kappa shape index (κ2) is 12.7. The Labute approximate surface area is 221 Å². The van der Waals surface area contributed by atoms with Crippen molar-refractivity contribution in [2.24, 2.45) is 0 Å². The summed E-state index contributed by atoms with van der Waals surface area (Å²) in [6, 6.07) is 9.16. The van der Waals surface area contributed by atoms with E-state index in [0.29, 0.717) is 5.02 Å². The number of rotatable bonds is 11. The van der Waals surface area contributed by atoms with E-state index in [9.17, 15) is 26.8 Å². The molecular weight excluding hydrogens is 524 g/mol. The number of nitrogens with zero attached hydrogens (tertiary/aromatic N) is 2. The fraction of sp³-hybridized carbons (Fsp3) is 0.462. The van der Waals surface area contributed by atoms with Crippen molar-refractivity contribution in [1.82, 2.24) is 10.2 Å². The van der Waals surface area contributed by atoms with E-state index in [1.165, 1.54) is 11.0 Å². The summed E-state index contributed by atoms with van der Waals surface area (Å²) in [6.45, 7) is 1.69. The molecule has 3 rings (SSSR count). The molecule has 1 N–H and O–H groups in total. The number of anilines is 1. The topological polar surface area (TPSA) is 86.8 Å². The van der Waals surface area contributed by atoms with E-state index in [4.69, 9.17) is 11.6 Å². The Morgan fingerprint density at radius 3 is 2.43 bits per heavy atom. The van der Waals surface area contributed by atoms with Crippen LogP contribution in [0.2, 0.25) is 5.02 Å². The monoisotopic (exact) mass is 555 g/mol. The number of sulfonamides is 1. The molecule has 1 aliphatic rings. The highest BCUT2D eigenvalue weighted by atomic mass is 35.5. The molecule has 202 valence electrons. The van der Waals surface area contributed by atoms with Gasteiger partial charge in [0.2, 0.25) is 21.8 Å². The highest BCUT2D eigenvalue weighted by Crippen LogP contribution is 2.22. The van der Waals surface area contributed by atoms with Crippen LogP contribution in [-0.4, -0.2) is 50.0 Å². The van der Waals surface area contributed by atoms with Crippen molar-refractivity contribution in [3.63, 3.8) is 0 Å². The van der Waals surface area contributed by atoms with Gasteiger partial charge in [-0.1, -0.05) is 36.6 Å². The molecular formula is C26H32ClF2N3O4S. The first-order valence-electron chi connectivity index (χ1n) is 12.2. The number of halogens is 3. The van der Waals surface area contributed by atoms with Gasteiger partial charge in [-0.25, -0.2) is 17.2 Å². The lowest BCUT2D eigenvalue weighted by molar-refractivity contribution is -0.141. The third kappa shape index (κ3) is 8.13. The molecule has 1 atom stereocenters. The van der Waals surface area contributed by atoms with Gasteiger partial charge in [0.05, 0.1) is 11.9 Å². The lowest BCUT2D eigenvalue weighted by atomic mass is 10.1. The Morgan fingerprint density at radius 2 is 1.81 bits per heavy atom. The normalized spacial score (nSPS) is 14.8. The van der Waals surface area contributed by atoms with Gasteiger partial charge in [0.1, 0.15) is 6.04 Å². The molecule has 11 heteroatoms. The van der Waals surface area contributed by atoms with Crippen LogP contribution in [0.4, 0.5) is 14.5 Å². The van der Waals surface area contributed by atoms with Crippen molar-refractivity contribution in [3.05, 3.63) is 64.7 Å². The molecule has 0 radical (unpaired) electrons. The Hall–Kier alpha value is -2.72. The van der Waals surface area contributed by atoms with Crippen molar-refractivity contribution < 1.29 is 26.8 Å². The minimum atomic E-state index is -3.82. The molecule has 7 nitrogen and oxygen atoms in total. The number of carbonyl (C=O) groups excluding carboxylic acids is 2. The standard InChI is InChI=1S/C26H32ClF2N3O4S/c1-18(26(34)30-21-9-3-4-10-21)31(17-19-7-5-8-20(27)15-19)25(33)11-6-14-32(37(2,35)36)22-12-13-23(28)24(29)16-22/h5,7-8,12-13,15-16,18,21H,3-4,6,9-11,14,17H2,1-2H3,(H,30,34)/t18-/m0/s1. The van der Waals surface area contributed by atoms with Crippen molar-refractivity contribution in [3.8, 4) is 0 Å². The van der Waals surface area contributed by atoms with Crippen LogP contribution >= 0.6 is 11.6 Å². The molecule has 2 aromatic rings. The highest BCUT2D eigenvalue weighted by molar-refractivity contribution is 7.92. The molecule has 0 unspecified atom stereocenters. The summed E-state index contributed by atoms with van der Waals surface area (Å²) in [6.07, 6.45) is 4.93. The Kier molecular flexibility index (Phi) is 9.89. The second-order valence-corrected chi connectivity index (χ2v) is 11.7. The van der Waals surface area contributed by atoms with Crippen LogP contribution < -0.4 is 9.62 Å². The van der Waals surface area contributed by atoms with E-state index in [0.717, 1.165) is 53.9 Å². The summed E-state index contributed by atoms with van der Waals surface area (Å²) in [5, 5.41) is 3.53. The van der Waals surface area contributed by atoms with Gasteiger partial charge in [-0.15, -0.1) is 0 Å². The van der Waals surface area contributed by atoms with Gasteiger partial charge >= 0.3 is 0 Å². The molecule has 2 amide bonds. The number of hydrogen-bond acceptors (Lipinski definition) is 4. The van der Waals surface area contributed by atoms with Gasteiger partial charge in [0.15, 0.2) is 11.6 Å². The van der Waals surface area contributed by atoms with Crippen molar-refractivity contribution in [2.45, 2.75) is 64.1 Å². The SMILES string of the molecule is C[C@@H](C(=O)NC1CCCC1)N(Cc1cccc(Cl)c1)C(=O)CCCN(c1ccc(F)c(F)c1)S(C)(=O)=O. The maximum absolute atomic E-state index is 13.7. The molecule has 0 aliphatic heterocycles. The average molecular weight is 556 g/mol. The molecule has 1 fully saturated rings. The quantitative estimate of drug-likeness (QED) is 0.437. The van der Waals surface area contributed by atoms with E-state index in [2.05, 4.69) is 5.32 Å². The van der Waals surface area contributed by atoms with Gasteiger partial charge in [0.25, 0.3) is 0 Å². The molecule has 2 aromatic carbocycles. The maximum atomic E-state index is 13.7. The van der Waals surface area contributed by atoms with Crippen molar-refractivity contribution >= 4 is 39.1 Å². The van der Waals surface area contributed by atoms with E-state index in [1.54, 1.807) is 25.1 Å². The molecule has 1 saturated carbocycles. The highest BCUT2D eigenvalue weighted by Gasteiger charge is 2.29. The lowest BCUT2D eigenvalue weighted by Crippen LogP contribution is -2.49. The maximum Gasteiger partial charge on any atom is 0.242 e.